The summed E-state index contributed by atoms with van der Waals surface area (Å²) in [5.41, 5.74) is 0. The fourth-order valence-electron chi connectivity index (χ4n) is 1.61. The summed E-state index contributed by atoms with van der Waals surface area (Å²) in [5.74, 6) is 0.860. The molecule has 2 heterocycles. The molecular weight excluding hydrogens is 180 g/mol. The van der Waals surface area contributed by atoms with Crippen molar-refractivity contribution in [2.75, 3.05) is 6.61 Å². The van der Waals surface area contributed by atoms with Crippen LogP contribution < -0.4 is 0 Å². The molecule has 1 aromatic rings. The van der Waals surface area contributed by atoms with Crippen LogP contribution in [0.2, 0.25) is 0 Å². The topological polar surface area (TPSA) is 47.1 Å². The number of hydrogen-bond donors (Lipinski definition) is 1. The molecule has 0 saturated carbocycles. The van der Waals surface area contributed by atoms with Crippen molar-refractivity contribution in [3.05, 3.63) is 18.2 Å². The zero-order chi connectivity index (χ0) is 9.80. The number of aromatic amines is 1. The van der Waals surface area contributed by atoms with Crippen LogP contribution in [0.5, 0.6) is 0 Å². The molecule has 0 bridgehead atoms. The molecule has 0 amide bonds. The molecule has 0 aliphatic carbocycles. The van der Waals surface area contributed by atoms with Crippen molar-refractivity contribution < 1.29 is 9.47 Å². The summed E-state index contributed by atoms with van der Waals surface area (Å²) in [6.07, 6.45) is 6.79. The second kappa shape index (κ2) is 4.57. The minimum absolute atomic E-state index is 0.0203. The molecule has 78 valence electrons. The molecule has 2 atom stereocenters. The minimum atomic E-state index is -0.0520. The Balaban J connectivity index is 1.84. The van der Waals surface area contributed by atoms with E-state index in [0.717, 1.165) is 25.3 Å². The van der Waals surface area contributed by atoms with Crippen LogP contribution in [0.4, 0.5) is 0 Å². The first-order valence-corrected chi connectivity index (χ1v) is 5.12. The van der Waals surface area contributed by atoms with E-state index in [4.69, 9.17) is 9.47 Å². The Kier molecular flexibility index (Phi) is 3.16. The second-order valence-corrected chi connectivity index (χ2v) is 3.55. The van der Waals surface area contributed by atoms with Crippen molar-refractivity contribution in [1.82, 2.24) is 9.97 Å². The molecule has 0 spiro atoms. The van der Waals surface area contributed by atoms with E-state index in [0.29, 0.717) is 0 Å². The molecule has 1 saturated heterocycles. The van der Waals surface area contributed by atoms with Crippen LogP contribution in [-0.4, -0.2) is 22.9 Å². The fraction of sp³-hybridized carbons (Fsp3) is 0.700. The van der Waals surface area contributed by atoms with Gasteiger partial charge in [0.05, 0.1) is 0 Å². The molecule has 14 heavy (non-hydrogen) atoms. The van der Waals surface area contributed by atoms with Crippen molar-refractivity contribution in [2.45, 2.75) is 38.6 Å². The third-order valence-corrected chi connectivity index (χ3v) is 2.40. The van der Waals surface area contributed by atoms with E-state index < -0.39 is 0 Å². The van der Waals surface area contributed by atoms with Crippen molar-refractivity contribution in [2.24, 2.45) is 0 Å². The van der Waals surface area contributed by atoms with E-state index >= 15 is 0 Å². The predicted octanol–water partition coefficient (Wildman–Crippen LogP) is 2.01. The zero-order valence-electron chi connectivity index (χ0n) is 8.40. The highest BCUT2D eigenvalue weighted by atomic mass is 16.7. The minimum Gasteiger partial charge on any atom is -0.353 e. The van der Waals surface area contributed by atoms with Crippen molar-refractivity contribution >= 4 is 0 Å². The first-order valence-electron chi connectivity index (χ1n) is 5.12. The van der Waals surface area contributed by atoms with Gasteiger partial charge in [-0.25, -0.2) is 4.98 Å². The maximum atomic E-state index is 5.72. The van der Waals surface area contributed by atoms with Crippen molar-refractivity contribution in [3.8, 4) is 0 Å². The number of nitrogens with zero attached hydrogens (tertiary/aromatic N) is 1. The maximum Gasteiger partial charge on any atom is 0.158 e. The monoisotopic (exact) mass is 196 g/mol. The van der Waals surface area contributed by atoms with Gasteiger partial charge in [-0.3, -0.25) is 0 Å². The van der Waals surface area contributed by atoms with Gasteiger partial charge in [-0.2, -0.15) is 0 Å². The zero-order valence-corrected chi connectivity index (χ0v) is 8.40. The van der Waals surface area contributed by atoms with Gasteiger partial charge in [-0.05, 0) is 26.2 Å². The summed E-state index contributed by atoms with van der Waals surface area (Å²) in [6, 6.07) is 0. The number of ether oxygens (including phenoxy) is 2. The Labute approximate surface area is 83.6 Å². The Hall–Kier alpha value is -0.870. The molecule has 1 N–H and O–H groups in total. The second-order valence-electron chi connectivity index (χ2n) is 3.55. The Morgan fingerprint density at radius 3 is 3.21 bits per heavy atom. The van der Waals surface area contributed by atoms with E-state index in [9.17, 15) is 0 Å². The lowest BCUT2D eigenvalue weighted by Gasteiger charge is -2.25. The Morgan fingerprint density at radius 2 is 2.57 bits per heavy atom. The average molecular weight is 196 g/mol. The highest BCUT2D eigenvalue weighted by Gasteiger charge is 2.18. The van der Waals surface area contributed by atoms with Crippen LogP contribution >= 0.6 is 0 Å². The standard InChI is InChI=1S/C10H16N2O2/c1-8(10-11-5-6-12-10)14-9-4-2-3-7-13-9/h5-6,8-9H,2-4,7H2,1H3,(H,11,12). The van der Waals surface area contributed by atoms with Gasteiger partial charge in [0.1, 0.15) is 11.9 Å². The van der Waals surface area contributed by atoms with Gasteiger partial charge in [0.15, 0.2) is 6.29 Å². The molecule has 2 unspecified atom stereocenters. The number of rotatable bonds is 3. The molecule has 1 aliphatic rings. The molecule has 2 rings (SSSR count). The largest absolute Gasteiger partial charge is 0.353 e. The first kappa shape index (κ1) is 9.68. The van der Waals surface area contributed by atoms with E-state index in [-0.39, 0.29) is 12.4 Å². The van der Waals surface area contributed by atoms with Gasteiger partial charge in [0, 0.05) is 19.0 Å². The summed E-state index contributed by atoms with van der Waals surface area (Å²) < 4.78 is 11.2. The number of imidazole rings is 1. The van der Waals surface area contributed by atoms with Crippen LogP contribution in [0.15, 0.2) is 12.4 Å². The van der Waals surface area contributed by atoms with Crippen molar-refractivity contribution in [1.29, 1.82) is 0 Å². The van der Waals surface area contributed by atoms with Crippen LogP contribution in [0, 0.1) is 0 Å². The highest BCUT2D eigenvalue weighted by Crippen LogP contribution is 2.20. The van der Waals surface area contributed by atoms with E-state index in [1.807, 2.05) is 6.92 Å². The van der Waals surface area contributed by atoms with Gasteiger partial charge < -0.3 is 14.5 Å². The Morgan fingerprint density at radius 1 is 1.64 bits per heavy atom. The van der Waals surface area contributed by atoms with E-state index in [2.05, 4.69) is 9.97 Å². The summed E-state index contributed by atoms with van der Waals surface area (Å²) in [6.45, 7) is 2.80. The number of nitrogens with one attached hydrogen (secondary N) is 1. The smallest absolute Gasteiger partial charge is 0.158 e. The van der Waals surface area contributed by atoms with Crippen molar-refractivity contribution in [3.63, 3.8) is 0 Å². The number of H-pyrrole nitrogens is 1. The summed E-state index contributed by atoms with van der Waals surface area (Å²) in [7, 11) is 0. The molecular formula is C10H16N2O2. The summed E-state index contributed by atoms with van der Waals surface area (Å²) in [4.78, 5) is 7.18. The quantitative estimate of drug-likeness (QED) is 0.804. The normalized spacial score (nSPS) is 24.8. The molecule has 4 heteroatoms. The van der Waals surface area contributed by atoms with Gasteiger partial charge in [0.25, 0.3) is 0 Å². The molecule has 1 fully saturated rings. The highest BCUT2D eigenvalue weighted by molar-refractivity contribution is 4.90. The third-order valence-electron chi connectivity index (χ3n) is 2.40. The van der Waals surface area contributed by atoms with Gasteiger partial charge >= 0.3 is 0 Å². The van der Waals surface area contributed by atoms with Gasteiger partial charge in [0.2, 0.25) is 0 Å². The number of aromatic nitrogens is 2. The lowest BCUT2D eigenvalue weighted by molar-refractivity contribution is -0.187. The summed E-state index contributed by atoms with van der Waals surface area (Å²) >= 11 is 0. The van der Waals surface area contributed by atoms with Gasteiger partial charge in [-0.1, -0.05) is 0 Å². The third kappa shape index (κ3) is 2.33. The van der Waals surface area contributed by atoms with Gasteiger partial charge in [-0.15, -0.1) is 0 Å². The molecule has 4 nitrogen and oxygen atoms in total. The van der Waals surface area contributed by atoms with E-state index in [1.54, 1.807) is 12.4 Å². The molecule has 1 aromatic heterocycles. The molecule has 0 aromatic carbocycles. The van der Waals surface area contributed by atoms with Crippen LogP contribution in [0.3, 0.4) is 0 Å². The summed E-state index contributed by atoms with van der Waals surface area (Å²) in [5, 5.41) is 0. The maximum absolute atomic E-state index is 5.72. The van der Waals surface area contributed by atoms with Crippen LogP contribution in [-0.2, 0) is 9.47 Å². The number of hydrogen-bond acceptors (Lipinski definition) is 3. The molecule has 1 aliphatic heterocycles. The van der Waals surface area contributed by atoms with E-state index in [1.165, 1.54) is 6.42 Å². The van der Waals surface area contributed by atoms with Crippen LogP contribution in [0.25, 0.3) is 0 Å². The molecule has 0 radical (unpaired) electrons. The van der Waals surface area contributed by atoms with Crippen LogP contribution in [0.1, 0.15) is 38.1 Å². The predicted molar refractivity (Wildman–Crippen MR) is 51.7 cm³/mol. The SMILES string of the molecule is CC(OC1CCCCO1)c1ncc[nH]1. The first-order chi connectivity index (χ1) is 6.86. The Bertz CT molecular complexity index is 255. The lowest BCUT2D eigenvalue weighted by atomic mass is 10.2. The average Bonchev–Trinajstić information content (AvgIpc) is 2.72. The lowest BCUT2D eigenvalue weighted by Crippen LogP contribution is -2.23. The fourth-order valence-corrected chi connectivity index (χ4v) is 1.61.